The SMILES string of the molecule is C=C1c2ccccc2-c2cc3c(cc21)C(C)(C)C1=C3CC(c2cccc(C3=CCCC(c4nc(-c5ccccc5)nc(-c5ccccc5)n4)=C3)c2)C=C1. The normalized spacial score (nSPS) is 17.8. The van der Waals surface area contributed by atoms with Gasteiger partial charge in [-0.25, -0.2) is 15.0 Å². The summed E-state index contributed by atoms with van der Waals surface area (Å²) in [6.07, 6.45) is 12.3. The van der Waals surface area contributed by atoms with Gasteiger partial charge >= 0.3 is 0 Å². The van der Waals surface area contributed by atoms with Gasteiger partial charge in [-0.1, -0.05) is 148 Å². The molecule has 5 aromatic carbocycles. The van der Waals surface area contributed by atoms with E-state index >= 15 is 0 Å². The van der Waals surface area contributed by atoms with Crippen molar-refractivity contribution in [1.29, 1.82) is 0 Å². The molecule has 3 nitrogen and oxygen atoms in total. The van der Waals surface area contributed by atoms with Crippen LogP contribution in [-0.2, 0) is 5.41 Å². The second-order valence-electron chi connectivity index (χ2n) is 15.2. The van der Waals surface area contributed by atoms with Crippen LogP contribution in [0.2, 0.25) is 0 Å². The molecule has 0 N–H and O–H groups in total. The third kappa shape index (κ3) is 5.22. The average molecular weight is 682 g/mol. The lowest BCUT2D eigenvalue weighted by Crippen LogP contribution is -2.17. The fourth-order valence-electron chi connectivity index (χ4n) is 8.87. The molecule has 10 rings (SSSR count). The number of hydrogen-bond acceptors (Lipinski definition) is 3. The van der Waals surface area contributed by atoms with Crippen LogP contribution in [-0.4, -0.2) is 15.0 Å². The molecule has 254 valence electrons. The van der Waals surface area contributed by atoms with Crippen LogP contribution in [0, 0.1) is 0 Å². The van der Waals surface area contributed by atoms with E-state index in [1.165, 1.54) is 61.2 Å². The molecule has 0 saturated carbocycles. The first-order chi connectivity index (χ1) is 25.9. The molecular weight excluding hydrogens is 643 g/mol. The van der Waals surface area contributed by atoms with Gasteiger partial charge in [-0.15, -0.1) is 0 Å². The molecule has 0 amide bonds. The van der Waals surface area contributed by atoms with Gasteiger partial charge in [-0.3, -0.25) is 0 Å². The molecule has 0 radical (unpaired) electrons. The van der Waals surface area contributed by atoms with Crippen LogP contribution in [0.4, 0.5) is 0 Å². The van der Waals surface area contributed by atoms with Crippen LogP contribution >= 0.6 is 0 Å². The summed E-state index contributed by atoms with van der Waals surface area (Å²) in [6.45, 7) is 9.27. The lowest BCUT2D eigenvalue weighted by atomic mass is 9.77. The fraction of sp³-hybridized carbons (Fsp3) is 0.140. The zero-order valence-corrected chi connectivity index (χ0v) is 30.1. The van der Waals surface area contributed by atoms with Gasteiger partial charge in [0.05, 0.1) is 0 Å². The van der Waals surface area contributed by atoms with Crippen molar-refractivity contribution in [3.8, 4) is 33.9 Å². The maximum absolute atomic E-state index is 5.03. The van der Waals surface area contributed by atoms with Gasteiger partial charge in [0.1, 0.15) is 0 Å². The van der Waals surface area contributed by atoms with Crippen LogP contribution in [0.25, 0.3) is 56.2 Å². The van der Waals surface area contributed by atoms with E-state index in [0.29, 0.717) is 17.6 Å². The average Bonchev–Trinajstić information content (AvgIpc) is 3.63. The molecule has 1 heterocycles. The molecule has 6 aromatic rings. The highest BCUT2D eigenvalue weighted by Gasteiger charge is 2.40. The molecule has 0 aliphatic heterocycles. The van der Waals surface area contributed by atoms with Crippen molar-refractivity contribution < 1.29 is 0 Å². The molecule has 3 heteroatoms. The van der Waals surface area contributed by atoms with Gasteiger partial charge in [0.25, 0.3) is 0 Å². The van der Waals surface area contributed by atoms with Crippen molar-refractivity contribution in [3.63, 3.8) is 0 Å². The summed E-state index contributed by atoms with van der Waals surface area (Å²) in [6, 6.07) is 43.2. The summed E-state index contributed by atoms with van der Waals surface area (Å²) < 4.78 is 0. The topological polar surface area (TPSA) is 38.7 Å². The highest BCUT2D eigenvalue weighted by molar-refractivity contribution is 6.02. The van der Waals surface area contributed by atoms with Gasteiger partial charge in [0.2, 0.25) is 0 Å². The molecule has 1 atom stereocenters. The van der Waals surface area contributed by atoms with Crippen LogP contribution in [0.3, 0.4) is 0 Å². The predicted octanol–water partition coefficient (Wildman–Crippen LogP) is 12.3. The molecule has 0 fully saturated rings. The van der Waals surface area contributed by atoms with Crippen LogP contribution in [0.1, 0.15) is 78.2 Å². The van der Waals surface area contributed by atoms with Gasteiger partial charge in [0, 0.05) is 22.5 Å². The van der Waals surface area contributed by atoms with Crippen molar-refractivity contribution in [2.75, 3.05) is 0 Å². The standard InChI is InChI=1S/C50H39N3/c1-31-39-22-10-11-23-40(39)42-29-44-43-28-37(24-25-45(43)50(2,3)46(44)30-41(31)42)35-19-12-18-34(26-35)36-20-13-21-38(27-36)49-52-47(32-14-6-4-7-15-32)51-48(53-49)33-16-8-5-9-17-33/h4-12,14-20,22-27,29-30,37H,1,13,21,28H2,2-3H3. The summed E-state index contributed by atoms with van der Waals surface area (Å²) in [7, 11) is 0. The zero-order valence-electron chi connectivity index (χ0n) is 30.1. The van der Waals surface area contributed by atoms with Crippen LogP contribution in [0.15, 0.2) is 158 Å². The van der Waals surface area contributed by atoms with Crippen molar-refractivity contribution in [2.45, 2.75) is 44.4 Å². The van der Waals surface area contributed by atoms with E-state index in [2.05, 4.69) is 130 Å². The predicted molar refractivity (Wildman–Crippen MR) is 219 cm³/mol. The number of rotatable bonds is 5. The van der Waals surface area contributed by atoms with Gasteiger partial charge in [-0.2, -0.15) is 0 Å². The summed E-state index contributed by atoms with van der Waals surface area (Å²) in [4.78, 5) is 15.0. The Morgan fingerprint density at radius 2 is 1.28 bits per heavy atom. The number of benzene rings is 5. The summed E-state index contributed by atoms with van der Waals surface area (Å²) in [5.74, 6) is 2.43. The first kappa shape index (κ1) is 31.5. The zero-order chi connectivity index (χ0) is 35.7. The van der Waals surface area contributed by atoms with Crippen LogP contribution in [0.5, 0.6) is 0 Å². The summed E-state index contributed by atoms with van der Waals surface area (Å²) in [5, 5.41) is 0. The Kier molecular flexibility index (Phi) is 7.26. The highest BCUT2D eigenvalue weighted by Crippen LogP contribution is 2.55. The molecule has 0 saturated heterocycles. The Bertz CT molecular complexity index is 2560. The van der Waals surface area contributed by atoms with Crippen molar-refractivity contribution >= 4 is 22.3 Å². The van der Waals surface area contributed by atoms with E-state index in [9.17, 15) is 0 Å². The quantitative estimate of drug-likeness (QED) is 0.181. The minimum atomic E-state index is -0.0536. The molecule has 1 aromatic heterocycles. The van der Waals surface area contributed by atoms with Crippen molar-refractivity contribution in [3.05, 3.63) is 197 Å². The van der Waals surface area contributed by atoms with E-state index in [1.807, 2.05) is 36.4 Å². The Labute approximate surface area is 311 Å². The maximum atomic E-state index is 5.03. The molecule has 0 bridgehead atoms. The Morgan fingerprint density at radius 3 is 2.02 bits per heavy atom. The van der Waals surface area contributed by atoms with E-state index in [0.717, 1.165) is 47.4 Å². The number of allylic oxidation sites excluding steroid dienone is 8. The number of fused-ring (bicyclic) bond motifs is 5. The minimum Gasteiger partial charge on any atom is -0.209 e. The highest BCUT2D eigenvalue weighted by atomic mass is 15.0. The maximum Gasteiger partial charge on any atom is 0.164 e. The van der Waals surface area contributed by atoms with Gasteiger partial charge < -0.3 is 0 Å². The minimum absolute atomic E-state index is 0.0536. The van der Waals surface area contributed by atoms with E-state index in [-0.39, 0.29) is 5.41 Å². The largest absolute Gasteiger partial charge is 0.209 e. The first-order valence-corrected chi connectivity index (χ1v) is 18.7. The lowest BCUT2D eigenvalue weighted by Gasteiger charge is -2.26. The Hall–Kier alpha value is -6.19. The second kappa shape index (κ2) is 12.2. The van der Waals surface area contributed by atoms with Gasteiger partial charge in [-0.05, 0) is 110 Å². The fourth-order valence-corrected chi connectivity index (χ4v) is 8.87. The number of aromatic nitrogens is 3. The smallest absolute Gasteiger partial charge is 0.164 e. The molecule has 53 heavy (non-hydrogen) atoms. The molecule has 0 spiro atoms. The molecule has 4 aliphatic carbocycles. The summed E-state index contributed by atoms with van der Waals surface area (Å²) in [5.41, 5.74) is 18.9. The molecular formula is C50H39N3. The molecule has 1 unspecified atom stereocenters. The lowest BCUT2D eigenvalue weighted by molar-refractivity contribution is 0.649. The molecule has 4 aliphatic rings. The number of nitrogens with zero attached hydrogens (tertiary/aromatic N) is 3. The van der Waals surface area contributed by atoms with E-state index in [4.69, 9.17) is 15.0 Å². The monoisotopic (exact) mass is 681 g/mol. The summed E-state index contributed by atoms with van der Waals surface area (Å²) >= 11 is 0. The second-order valence-corrected chi connectivity index (χ2v) is 15.2. The number of hydrogen-bond donors (Lipinski definition) is 0. The van der Waals surface area contributed by atoms with Gasteiger partial charge in [0.15, 0.2) is 17.5 Å². The Balaban J connectivity index is 0.975. The van der Waals surface area contributed by atoms with E-state index in [1.54, 1.807) is 0 Å². The third-order valence-corrected chi connectivity index (χ3v) is 11.7. The van der Waals surface area contributed by atoms with Crippen molar-refractivity contribution in [1.82, 2.24) is 15.0 Å². The van der Waals surface area contributed by atoms with E-state index < -0.39 is 0 Å². The van der Waals surface area contributed by atoms with Crippen molar-refractivity contribution in [2.24, 2.45) is 0 Å². The Morgan fingerprint density at radius 1 is 0.623 bits per heavy atom. The first-order valence-electron chi connectivity index (χ1n) is 18.7. The third-order valence-electron chi connectivity index (χ3n) is 11.7. The van der Waals surface area contributed by atoms with Crippen LogP contribution < -0.4 is 0 Å².